The summed E-state index contributed by atoms with van der Waals surface area (Å²) in [5.74, 6) is -1.08. The molecule has 0 fully saturated rings. The van der Waals surface area contributed by atoms with Crippen LogP contribution in [0.4, 0.5) is 5.69 Å². The van der Waals surface area contributed by atoms with Gasteiger partial charge in [0.2, 0.25) is 5.91 Å². The molecule has 0 spiro atoms. The SMILES string of the molecule is CC1C(=O)n2c3ccc4c(c3-c3ccccc31)NC(=O)[C@H](C)Nn2c(=O)n4CCCCO. The number of nitrogens with zero attached hydrogens (tertiary/aromatic N) is 3. The van der Waals surface area contributed by atoms with E-state index in [4.69, 9.17) is 0 Å². The summed E-state index contributed by atoms with van der Waals surface area (Å²) in [6.07, 6.45) is 1.10. The molecular weight excluding hydrogens is 410 g/mol. The number of amides is 1. The number of rotatable bonds is 4. The highest BCUT2D eigenvalue weighted by molar-refractivity contribution is 6.11. The van der Waals surface area contributed by atoms with Gasteiger partial charge in [0.25, 0.3) is 5.91 Å². The summed E-state index contributed by atoms with van der Waals surface area (Å²) in [7, 11) is 0. The van der Waals surface area contributed by atoms with E-state index >= 15 is 0 Å². The van der Waals surface area contributed by atoms with E-state index in [1.165, 1.54) is 9.47 Å². The number of nitrogens with one attached hydrogen (secondary N) is 2. The summed E-state index contributed by atoms with van der Waals surface area (Å²) in [6.45, 7) is 3.82. The van der Waals surface area contributed by atoms with Gasteiger partial charge in [-0.3, -0.25) is 19.6 Å². The molecule has 4 aromatic rings. The van der Waals surface area contributed by atoms with Crippen molar-refractivity contribution in [2.24, 2.45) is 0 Å². The number of unbranched alkanes of at least 4 members (excludes halogenated alkanes) is 1. The molecule has 0 radical (unpaired) electrons. The van der Waals surface area contributed by atoms with Crippen molar-refractivity contribution < 1.29 is 14.7 Å². The Bertz CT molecular complexity index is 1350. The van der Waals surface area contributed by atoms with Crippen molar-refractivity contribution in [2.75, 3.05) is 17.3 Å². The van der Waals surface area contributed by atoms with Gasteiger partial charge in [0.05, 0.1) is 22.6 Å². The fourth-order valence-corrected chi connectivity index (χ4v) is 4.61. The van der Waals surface area contributed by atoms with Gasteiger partial charge in [0.1, 0.15) is 6.04 Å². The number of benzene rings is 2. The summed E-state index contributed by atoms with van der Waals surface area (Å²) in [4.78, 5) is 41.6. The van der Waals surface area contributed by atoms with Crippen LogP contribution in [0.5, 0.6) is 0 Å². The first-order valence-electron chi connectivity index (χ1n) is 10.8. The predicted molar refractivity (Wildman–Crippen MR) is 121 cm³/mol. The molecule has 0 aliphatic carbocycles. The Labute approximate surface area is 183 Å². The van der Waals surface area contributed by atoms with Gasteiger partial charge in [-0.15, -0.1) is 4.79 Å². The third-order valence-electron chi connectivity index (χ3n) is 6.32. The highest BCUT2D eigenvalue weighted by atomic mass is 16.3. The van der Waals surface area contributed by atoms with Crippen molar-refractivity contribution in [3.63, 3.8) is 0 Å². The first kappa shape index (κ1) is 20.3. The molecule has 3 aliphatic rings. The van der Waals surface area contributed by atoms with E-state index in [9.17, 15) is 19.5 Å². The lowest BCUT2D eigenvalue weighted by atomic mass is 9.91. The number of hydrogen-bond acceptors (Lipinski definition) is 5. The van der Waals surface area contributed by atoms with Crippen LogP contribution in [0.15, 0.2) is 41.2 Å². The van der Waals surface area contributed by atoms with Crippen LogP contribution in [-0.4, -0.2) is 43.6 Å². The molecule has 3 N–H and O–H groups in total. The van der Waals surface area contributed by atoms with Crippen LogP contribution < -0.4 is 16.4 Å². The van der Waals surface area contributed by atoms with Crippen molar-refractivity contribution in [3.8, 4) is 11.1 Å². The molecule has 2 aromatic carbocycles. The van der Waals surface area contributed by atoms with Crippen LogP contribution in [-0.2, 0) is 11.3 Å². The minimum atomic E-state index is -0.758. The van der Waals surface area contributed by atoms with Crippen LogP contribution >= 0.6 is 0 Å². The van der Waals surface area contributed by atoms with Gasteiger partial charge < -0.3 is 10.4 Å². The van der Waals surface area contributed by atoms with Crippen LogP contribution in [0.25, 0.3) is 22.2 Å². The van der Waals surface area contributed by atoms with E-state index in [2.05, 4.69) is 10.7 Å². The van der Waals surface area contributed by atoms with Crippen LogP contribution in [0, 0.1) is 0 Å². The maximum Gasteiger partial charge on any atom is 0.363 e. The number of carbonyl (C=O) groups is 2. The Hall–Kier alpha value is -3.59. The summed E-state index contributed by atoms with van der Waals surface area (Å²) in [5, 5.41) is 12.3. The first-order chi connectivity index (χ1) is 15.4. The van der Waals surface area contributed by atoms with Crippen LogP contribution in [0.2, 0.25) is 0 Å². The molecule has 9 heteroatoms. The van der Waals surface area contributed by atoms with Crippen molar-refractivity contribution >= 4 is 28.5 Å². The Balaban J connectivity index is 2.01. The average molecular weight is 435 g/mol. The van der Waals surface area contributed by atoms with Gasteiger partial charge in [-0.05, 0) is 49.9 Å². The number of aliphatic hydroxyl groups excluding tert-OH is 1. The predicted octanol–water partition coefficient (Wildman–Crippen LogP) is 2.25. The highest BCUT2D eigenvalue weighted by Gasteiger charge is 2.33. The molecule has 9 nitrogen and oxygen atoms in total. The molecule has 6 bridgehead atoms. The van der Waals surface area contributed by atoms with Crippen molar-refractivity contribution in [3.05, 3.63) is 52.4 Å². The Kier molecular flexibility index (Phi) is 4.78. The molecule has 1 amide bonds. The molecule has 3 aliphatic heterocycles. The quantitative estimate of drug-likeness (QED) is 0.545. The fourth-order valence-electron chi connectivity index (χ4n) is 4.61. The van der Waals surface area contributed by atoms with Gasteiger partial charge in [0.15, 0.2) is 0 Å². The second kappa shape index (κ2) is 7.52. The van der Waals surface area contributed by atoms with Crippen molar-refractivity contribution in [2.45, 2.75) is 45.2 Å². The van der Waals surface area contributed by atoms with Gasteiger partial charge in [-0.2, -0.15) is 4.68 Å². The average Bonchev–Trinajstić information content (AvgIpc) is 2.84. The van der Waals surface area contributed by atoms with E-state index in [0.29, 0.717) is 41.7 Å². The molecule has 1 unspecified atom stereocenters. The largest absolute Gasteiger partial charge is 0.396 e. The standard InChI is InChI=1S/C23H25N5O4/c1-13-15-7-3-4-8-16(15)19-17-9-10-18-20(19)24-21(30)14(2)25-28(27(17)22(13)31)23(32)26(18)11-5-6-12-29/h3-4,7-10,13-14,25,29H,5-6,11-12H2,1-2H3,(H,24,30)/t13?,14-/m0/s1. The summed E-state index contributed by atoms with van der Waals surface area (Å²) < 4.78 is 2.92. The molecule has 2 atom stereocenters. The lowest BCUT2D eigenvalue weighted by Gasteiger charge is -2.21. The van der Waals surface area contributed by atoms with Crippen molar-refractivity contribution in [1.82, 2.24) is 14.0 Å². The minimum absolute atomic E-state index is 0.0182. The Morgan fingerprint density at radius 1 is 1.00 bits per heavy atom. The van der Waals surface area contributed by atoms with Gasteiger partial charge in [0, 0.05) is 18.7 Å². The molecule has 32 heavy (non-hydrogen) atoms. The normalized spacial score (nSPS) is 19.1. The summed E-state index contributed by atoms with van der Waals surface area (Å²) in [6, 6.07) is 10.5. The lowest BCUT2D eigenvalue weighted by molar-refractivity contribution is -0.116. The van der Waals surface area contributed by atoms with Gasteiger partial charge in [-0.25, -0.2) is 4.79 Å². The number of aryl methyl sites for hydroxylation is 1. The maximum absolute atomic E-state index is 13.7. The number of carbonyl (C=O) groups excluding carboxylic acids is 2. The number of aromatic nitrogens is 3. The number of hydrogen-bond donors (Lipinski definition) is 3. The molecule has 2 aromatic heterocycles. The fraction of sp³-hybridized carbons (Fsp3) is 0.348. The number of fused-ring (bicyclic) bond motifs is 5. The smallest absolute Gasteiger partial charge is 0.363 e. The van der Waals surface area contributed by atoms with E-state index < -0.39 is 17.6 Å². The van der Waals surface area contributed by atoms with Crippen LogP contribution in [0.1, 0.15) is 43.0 Å². The maximum atomic E-state index is 13.7. The van der Waals surface area contributed by atoms with E-state index in [1.54, 1.807) is 17.6 Å². The second-order valence-corrected chi connectivity index (χ2v) is 8.33. The molecule has 5 heterocycles. The van der Waals surface area contributed by atoms with E-state index in [1.807, 2.05) is 37.3 Å². The molecule has 7 rings (SSSR count). The topological polar surface area (TPSA) is 110 Å². The van der Waals surface area contributed by atoms with Gasteiger partial charge in [-0.1, -0.05) is 24.3 Å². The zero-order valence-electron chi connectivity index (χ0n) is 18.0. The first-order valence-corrected chi connectivity index (χ1v) is 10.8. The van der Waals surface area contributed by atoms with Gasteiger partial charge >= 0.3 is 5.69 Å². The summed E-state index contributed by atoms with van der Waals surface area (Å²) in [5.41, 5.74) is 6.51. The zero-order valence-corrected chi connectivity index (χ0v) is 18.0. The minimum Gasteiger partial charge on any atom is -0.396 e. The lowest BCUT2D eigenvalue weighted by Crippen LogP contribution is -2.47. The Morgan fingerprint density at radius 2 is 1.75 bits per heavy atom. The van der Waals surface area contributed by atoms with E-state index in [0.717, 1.165) is 11.1 Å². The number of aliphatic hydroxyl groups is 1. The monoisotopic (exact) mass is 435 g/mol. The second-order valence-electron chi connectivity index (χ2n) is 8.33. The highest BCUT2D eigenvalue weighted by Crippen LogP contribution is 2.42. The molecule has 166 valence electrons. The van der Waals surface area contributed by atoms with Crippen molar-refractivity contribution in [1.29, 1.82) is 0 Å². The molecular formula is C23H25N5O4. The summed E-state index contributed by atoms with van der Waals surface area (Å²) >= 11 is 0. The molecule has 0 saturated heterocycles. The Morgan fingerprint density at radius 3 is 2.53 bits per heavy atom. The van der Waals surface area contributed by atoms with Crippen LogP contribution in [0.3, 0.4) is 0 Å². The zero-order chi connectivity index (χ0) is 22.6. The number of anilines is 1. The third-order valence-corrected chi connectivity index (χ3v) is 6.32. The van der Waals surface area contributed by atoms with E-state index in [-0.39, 0.29) is 18.4 Å². The third kappa shape index (κ3) is 2.85. The molecule has 0 saturated carbocycles.